The van der Waals surface area contributed by atoms with Gasteiger partial charge in [-0.15, -0.1) is 0 Å². The Morgan fingerprint density at radius 1 is 1.20 bits per heavy atom. The molecule has 3 aromatic heterocycles. The van der Waals surface area contributed by atoms with Crippen LogP contribution in [0.4, 0.5) is 34.9 Å². The molecule has 1 aliphatic rings. The number of nitriles is 1. The molecular weight excluding hydrogens is 528 g/mol. The number of halogens is 4. The number of anilines is 3. The predicted molar refractivity (Wildman–Crippen MR) is 141 cm³/mol. The molecule has 0 amide bonds. The van der Waals surface area contributed by atoms with Gasteiger partial charge < -0.3 is 20.7 Å². The fourth-order valence-corrected chi connectivity index (χ4v) is 4.60. The number of rotatable bonds is 7. The van der Waals surface area contributed by atoms with Crippen molar-refractivity contribution in [3.63, 3.8) is 0 Å². The van der Waals surface area contributed by atoms with E-state index in [1.165, 1.54) is 43.9 Å². The van der Waals surface area contributed by atoms with E-state index in [9.17, 15) is 22.8 Å². The van der Waals surface area contributed by atoms with Gasteiger partial charge in [-0.05, 0) is 30.7 Å². The SMILES string of the molecule is COc1cccc(F)c1-c1nc(Nc2cc(N3CC[C@@H](F)[C@H](N)C3)c(-c3cnn(C(F)F)c3)cn2)ccc1C#N. The van der Waals surface area contributed by atoms with Gasteiger partial charge in [0.05, 0.1) is 36.2 Å². The summed E-state index contributed by atoms with van der Waals surface area (Å²) in [6.45, 7) is -2.26. The number of alkyl halides is 3. The van der Waals surface area contributed by atoms with E-state index >= 15 is 0 Å². The Balaban J connectivity index is 1.54. The topological polar surface area (TPSA) is 118 Å². The first-order valence-corrected chi connectivity index (χ1v) is 12.3. The normalized spacial score (nSPS) is 17.1. The lowest BCUT2D eigenvalue weighted by molar-refractivity contribution is 0.0566. The molecule has 1 saturated heterocycles. The second kappa shape index (κ2) is 11.2. The number of nitrogens with two attached hydrogens (primary N) is 1. The van der Waals surface area contributed by atoms with E-state index in [2.05, 4.69) is 20.4 Å². The van der Waals surface area contributed by atoms with Crippen LogP contribution in [-0.2, 0) is 0 Å². The molecule has 0 unspecified atom stereocenters. The number of nitrogens with one attached hydrogen (secondary N) is 1. The molecule has 0 spiro atoms. The fraction of sp³-hybridized carbons (Fsp3) is 0.259. The number of hydrogen-bond donors (Lipinski definition) is 2. The summed E-state index contributed by atoms with van der Waals surface area (Å²) in [5.41, 5.74) is 7.73. The molecule has 1 fully saturated rings. The Hall–Kier alpha value is -4.70. The molecule has 40 heavy (non-hydrogen) atoms. The van der Waals surface area contributed by atoms with Crippen LogP contribution < -0.4 is 20.7 Å². The summed E-state index contributed by atoms with van der Waals surface area (Å²) in [7, 11) is 1.39. The molecule has 0 aliphatic carbocycles. The maximum Gasteiger partial charge on any atom is 0.333 e. The highest BCUT2D eigenvalue weighted by Gasteiger charge is 2.28. The highest BCUT2D eigenvalue weighted by molar-refractivity contribution is 5.80. The van der Waals surface area contributed by atoms with Crippen molar-refractivity contribution < 1.29 is 22.3 Å². The van der Waals surface area contributed by atoms with Crippen molar-refractivity contribution in [2.45, 2.75) is 25.2 Å². The Morgan fingerprint density at radius 3 is 2.73 bits per heavy atom. The zero-order chi connectivity index (χ0) is 28.4. The van der Waals surface area contributed by atoms with Crippen LogP contribution in [0.3, 0.4) is 0 Å². The van der Waals surface area contributed by atoms with Crippen LogP contribution in [0.25, 0.3) is 22.4 Å². The van der Waals surface area contributed by atoms with Crippen LogP contribution in [0.15, 0.2) is 55.0 Å². The molecule has 3 N–H and O–H groups in total. The summed E-state index contributed by atoms with van der Waals surface area (Å²) < 4.78 is 61.1. The maximum atomic E-state index is 14.8. The molecule has 206 valence electrons. The van der Waals surface area contributed by atoms with E-state index in [1.807, 2.05) is 11.0 Å². The summed E-state index contributed by atoms with van der Waals surface area (Å²) in [5, 5.41) is 16.4. The van der Waals surface area contributed by atoms with Crippen molar-refractivity contribution in [3.05, 3.63) is 66.4 Å². The molecule has 0 bridgehead atoms. The Bertz CT molecular complexity index is 1570. The van der Waals surface area contributed by atoms with E-state index in [1.54, 1.807) is 18.2 Å². The van der Waals surface area contributed by atoms with E-state index in [0.29, 0.717) is 33.9 Å². The first kappa shape index (κ1) is 26.9. The van der Waals surface area contributed by atoms with Gasteiger partial charge in [0.2, 0.25) is 0 Å². The number of hydrogen-bond acceptors (Lipinski definition) is 8. The van der Waals surface area contributed by atoms with Crippen LogP contribution in [-0.4, -0.2) is 52.2 Å². The second-order valence-corrected chi connectivity index (χ2v) is 9.13. The van der Waals surface area contributed by atoms with Gasteiger partial charge in [-0.1, -0.05) is 6.07 Å². The van der Waals surface area contributed by atoms with E-state index in [4.69, 9.17) is 10.5 Å². The van der Waals surface area contributed by atoms with E-state index in [-0.39, 0.29) is 41.4 Å². The van der Waals surface area contributed by atoms with Crippen molar-refractivity contribution in [3.8, 4) is 34.2 Å². The first-order chi connectivity index (χ1) is 19.3. The number of pyridine rings is 2. The van der Waals surface area contributed by atoms with Gasteiger partial charge in [0.1, 0.15) is 35.4 Å². The van der Waals surface area contributed by atoms with Crippen molar-refractivity contribution in [1.29, 1.82) is 5.26 Å². The number of aromatic nitrogens is 4. The molecule has 1 aromatic carbocycles. The van der Waals surface area contributed by atoms with Crippen molar-refractivity contribution in [2.75, 3.05) is 30.4 Å². The zero-order valence-corrected chi connectivity index (χ0v) is 21.2. The summed E-state index contributed by atoms with van der Waals surface area (Å²) in [4.78, 5) is 10.8. The van der Waals surface area contributed by atoms with E-state index in [0.717, 1.165) is 0 Å². The molecule has 0 saturated carbocycles. The number of nitrogens with zero attached hydrogens (tertiary/aromatic N) is 6. The molecule has 9 nitrogen and oxygen atoms in total. The Labute approximate surface area is 226 Å². The highest BCUT2D eigenvalue weighted by atomic mass is 19.3. The van der Waals surface area contributed by atoms with Crippen LogP contribution in [0.2, 0.25) is 0 Å². The van der Waals surface area contributed by atoms with Crippen LogP contribution in [0.1, 0.15) is 18.5 Å². The number of methoxy groups -OCH3 is 1. The predicted octanol–water partition coefficient (Wildman–Crippen LogP) is 5.04. The lowest BCUT2D eigenvalue weighted by Gasteiger charge is -2.35. The Kier molecular flexibility index (Phi) is 7.52. The summed E-state index contributed by atoms with van der Waals surface area (Å²) >= 11 is 0. The fourth-order valence-electron chi connectivity index (χ4n) is 4.60. The molecule has 4 aromatic rings. The molecule has 4 heterocycles. The smallest absolute Gasteiger partial charge is 0.333 e. The third-order valence-electron chi connectivity index (χ3n) is 6.61. The minimum Gasteiger partial charge on any atom is -0.496 e. The average Bonchev–Trinajstić information content (AvgIpc) is 3.45. The lowest BCUT2D eigenvalue weighted by Crippen LogP contribution is -2.49. The number of piperidine rings is 1. The largest absolute Gasteiger partial charge is 0.496 e. The summed E-state index contributed by atoms with van der Waals surface area (Å²) in [6, 6.07) is 10.3. The maximum absolute atomic E-state index is 14.8. The lowest BCUT2D eigenvalue weighted by atomic mass is 10.0. The van der Waals surface area contributed by atoms with Crippen LogP contribution in [0, 0.1) is 17.1 Å². The second-order valence-electron chi connectivity index (χ2n) is 9.13. The van der Waals surface area contributed by atoms with Gasteiger partial charge in [0.15, 0.2) is 0 Å². The first-order valence-electron chi connectivity index (χ1n) is 12.3. The van der Waals surface area contributed by atoms with Crippen LogP contribution >= 0.6 is 0 Å². The van der Waals surface area contributed by atoms with Crippen molar-refractivity contribution >= 4 is 17.3 Å². The standard InChI is InChI=1S/C27H24F4N8O/c1-40-22-4-2-3-19(29)25(22)26-15(10-32)5-6-23(37-26)36-24-9-21(38-8-7-18(28)20(33)14-38)17(12-34-24)16-11-35-39(13-16)27(30)31/h2-6,9,11-13,18,20,27H,7-8,14,33H2,1H3,(H,34,36,37)/t18-,20-/m1/s1. The summed E-state index contributed by atoms with van der Waals surface area (Å²) in [6.07, 6.45) is 3.04. The minimum atomic E-state index is -2.81. The molecule has 2 atom stereocenters. The van der Waals surface area contributed by atoms with Gasteiger partial charge in [-0.2, -0.15) is 19.1 Å². The third kappa shape index (κ3) is 5.26. The number of benzene rings is 1. The quantitative estimate of drug-likeness (QED) is 0.306. The number of ether oxygens (including phenoxy) is 1. The summed E-state index contributed by atoms with van der Waals surface area (Å²) in [5.74, 6) is 0.180. The molecule has 13 heteroatoms. The van der Waals surface area contributed by atoms with Gasteiger partial charge in [-0.25, -0.2) is 23.4 Å². The van der Waals surface area contributed by atoms with Crippen molar-refractivity contribution in [1.82, 2.24) is 19.7 Å². The zero-order valence-electron chi connectivity index (χ0n) is 21.2. The van der Waals surface area contributed by atoms with Crippen molar-refractivity contribution in [2.24, 2.45) is 5.73 Å². The highest BCUT2D eigenvalue weighted by Crippen LogP contribution is 2.37. The average molecular weight is 553 g/mol. The van der Waals surface area contributed by atoms with Gasteiger partial charge in [0, 0.05) is 48.4 Å². The monoisotopic (exact) mass is 552 g/mol. The van der Waals surface area contributed by atoms with Gasteiger partial charge in [0.25, 0.3) is 0 Å². The third-order valence-corrected chi connectivity index (χ3v) is 6.61. The van der Waals surface area contributed by atoms with Crippen LogP contribution in [0.5, 0.6) is 5.75 Å². The minimum absolute atomic E-state index is 0.0355. The van der Waals surface area contributed by atoms with E-state index < -0.39 is 24.6 Å². The Morgan fingerprint density at radius 2 is 2.02 bits per heavy atom. The molecule has 5 rings (SSSR count). The molecular formula is C27H24F4N8O. The molecule has 1 aliphatic heterocycles. The van der Waals surface area contributed by atoms with Gasteiger partial charge >= 0.3 is 6.55 Å². The molecule has 0 radical (unpaired) electrons. The van der Waals surface area contributed by atoms with Gasteiger partial charge in [-0.3, -0.25) is 0 Å².